The van der Waals surface area contributed by atoms with Crippen LogP contribution in [0.25, 0.3) is 17.9 Å². The molecule has 0 atom stereocenters. The van der Waals surface area contributed by atoms with Crippen LogP contribution < -0.4 is 16.3 Å². The van der Waals surface area contributed by atoms with Gasteiger partial charge in [0.1, 0.15) is 0 Å². The summed E-state index contributed by atoms with van der Waals surface area (Å²) in [5.74, 6) is 0.742. The molecular formula is C21H23N3O. The number of aryl methyl sites for hydroxylation is 3. The third-order valence-corrected chi connectivity index (χ3v) is 5.03. The molecule has 3 aromatic rings. The van der Waals surface area contributed by atoms with Gasteiger partial charge in [0.05, 0.1) is 17.2 Å². The summed E-state index contributed by atoms with van der Waals surface area (Å²) in [7, 11) is 0. The SMILES string of the molecule is Cc1cc(C)cc(Cn2c3c(n4c(=O)c(C)c(C)nc24)=CCCC=3)c1. The minimum absolute atomic E-state index is 0.0458. The first-order valence-electron chi connectivity index (χ1n) is 8.82. The van der Waals surface area contributed by atoms with Crippen LogP contribution in [0.2, 0.25) is 0 Å². The highest BCUT2D eigenvalue weighted by Gasteiger charge is 2.15. The van der Waals surface area contributed by atoms with Crippen LogP contribution in [0.3, 0.4) is 0 Å². The van der Waals surface area contributed by atoms with Crippen molar-refractivity contribution in [3.8, 4) is 0 Å². The Labute approximate surface area is 146 Å². The number of nitrogens with zero attached hydrogens (tertiary/aromatic N) is 3. The van der Waals surface area contributed by atoms with Gasteiger partial charge in [0, 0.05) is 11.3 Å². The monoisotopic (exact) mass is 333 g/mol. The van der Waals surface area contributed by atoms with E-state index in [0.29, 0.717) is 0 Å². The first-order chi connectivity index (χ1) is 12.0. The van der Waals surface area contributed by atoms with Gasteiger partial charge in [-0.3, -0.25) is 4.79 Å². The second kappa shape index (κ2) is 5.73. The van der Waals surface area contributed by atoms with E-state index in [2.05, 4.69) is 48.8 Å². The summed E-state index contributed by atoms with van der Waals surface area (Å²) >= 11 is 0. The average molecular weight is 333 g/mol. The molecule has 0 radical (unpaired) electrons. The summed E-state index contributed by atoms with van der Waals surface area (Å²) in [6.07, 6.45) is 6.37. The number of imidazole rings is 1. The van der Waals surface area contributed by atoms with E-state index in [-0.39, 0.29) is 5.56 Å². The molecule has 128 valence electrons. The van der Waals surface area contributed by atoms with E-state index < -0.39 is 0 Å². The van der Waals surface area contributed by atoms with Crippen LogP contribution >= 0.6 is 0 Å². The molecule has 1 aliphatic carbocycles. The Morgan fingerprint density at radius 2 is 1.60 bits per heavy atom. The van der Waals surface area contributed by atoms with E-state index in [1.807, 2.05) is 13.8 Å². The van der Waals surface area contributed by atoms with Crippen LogP contribution in [0.15, 0.2) is 23.0 Å². The smallest absolute Gasteiger partial charge is 0.262 e. The van der Waals surface area contributed by atoms with E-state index in [9.17, 15) is 4.79 Å². The van der Waals surface area contributed by atoms with Crippen molar-refractivity contribution < 1.29 is 0 Å². The molecule has 0 saturated heterocycles. The zero-order chi connectivity index (χ0) is 17.7. The maximum atomic E-state index is 12.9. The van der Waals surface area contributed by atoms with Gasteiger partial charge >= 0.3 is 0 Å². The Morgan fingerprint density at radius 1 is 0.960 bits per heavy atom. The minimum Gasteiger partial charge on any atom is -0.305 e. The van der Waals surface area contributed by atoms with Gasteiger partial charge in [0.15, 0.2) is 0 Å². The summed E-state index contributed by atoms with van der Waals surface area (Å²) in [6, 6.07) is 6.60. The van der Waals surface area contributed by atoms with Gasteiger partial charge in [-0.25, -0.2) is 9.38 Å². The topological polar surface area (TPSA) is 39.3 Å². The van der Waals surface area contributed by atoms with Gasteiger partial charge in [-0.15, -0.1) is 0 Å². The summed E-state index contributed by atoms with van der Waals surface area (Å²) < 4.78 is 3.98. The highest BCUT2D eigenvalue weighted by atomic mass is 16.1. The lowest BCUT2D eigenvalue weighted by molar-refractivity contribution is 0.779. The lowest BCUT2D eigenvalue weighted by atomic mass is 10.1. The van der Waals surface area contributed by atoms with E-state index >= 15 is 0 Å². The van der Waals surface area contributed by atoms with Crippen molar-refractivity contribution in [2.75, 3.05) is 0 Å². The number of rotatable bonds is 2. The van der Waals surface area contributed by atoms with Gasteiger partial charge in [0.2, 0.25) is 5.78 Å². The van der Waals surface area contributed by atoms with Crippen molar-refractivity contribution in [3.05, 3.63) is 67.2 Å². The Hall–Kier alpha value is -2.62. The van der Waals surface area contributed by atoms with E-state index in [1.54, 1.807) is 4.40 Å². The third-order valence-electron chi connectivity index (χ3n) is 5.03. The molecule has 0 aliphatic heterocycles. The van der Waals surface area contributed by atoms with Crippen molar-refractivity contribution >= 4 is 17.9 Å². The molecule has 0 saturated carbocycles. The number of hydrogen-bond acceptors (Lipinski definition) is 2. The van der Waals surface area contributed by atoms with Crippen molar-refractivity contribution in [2.45, 2.75) is 47.1 Å². The fraction of sp³-hybridized carbons (Fsp3) is 0.333. The van der Waals surface area contributed by atoms with Gasteiger partial charge < -0.3 is 4.57 Å². The van der Waals surface area contributed by atoms with Crippen LogP contribution in [-0.4, -0.2) is 14.0 Å². The van der Waals surface area contributed by atoms with Crippen LogP contribution in [0.5, 0.6) is 0 Å². The largest absolute Gasteiger partial charge is 0.305 e. The molecule has 2 heterocycles. The maximum Gasteiger partial charge on any atom is 0.262 e. The summed E-state index contributed by atoms with van der Waals surface area (Å²) in [5, 5.41) is 2.10. The van der Waals surface area contributed by atoms with Gasteiger partial charge in [-0.2, -0.15) is 0 Å². The van der Waals surface area contributed by atoms with Crippen molar-refractivity contribution in [1.29, 1.82) is 0 Å². The van der Waals surface area contributed by atoms with Crippen molar-refractivity contribution in [3.63, 3.8) is 0 Å². The average Bonchev–Trinajstić information content (AvgIpc) is 2.86. The predicted molar refractivity (Wildman–Crippen MR) is 101 cm³/mol. The standard InChI is InChI=1S/C21H23N3O/c1-13-9-14(2)11-17(10-13)12-23-18-7-5-6-8-19(18)24-20(25)15(3)16(4)22-21(23)24/h7-11H,5-6,12H2,1-4H3. The van der Waals surface area contributed by atoms with Gasteiger partial charge in [-0.1, -0.05) is 41.5 Å². The molecule has 0 bridgehead atoms. The van der Waals surface area contributed by atoms with E-state index in [4.69, 9.17) is 4.98 Å². The lowest BCUT2D eigenvalue weighted by Crippen LogP contribution is -2.36. The van der Waals surface area contributed by atoms with Crippen LogP contribution in [-0.2, 0) is 6.54 Å². The van der Waals surface area contributed by atoms with Crippen molar-refractivity contribution in [1.82, 2.24) is 14.0 Å². The molecule has 0 unspecified atom stereocenters. The Bertz CT molecular complexity index is 1160. The quantitative estimate of drug-likeness (QED) is 0.721. The Kier molecular flexibility index (Phi) is 3.64. The molecule has 0 N–H and O–H groups in total. The van der Waals surface area contributed by atoms with Crippen LogP contribution in [0.1, 0.15) is 40.8 Å². The fourth-order valence-corrected chi connectivity index (χ4v) is 3.81. The maximum absolute atomic E-state index is 12.9. The molecule has 2 aromatic heterocycles. The summed E-state index contributed by atoms with van der Waals surface area (Å²) in [5.41, 5.74) is 5.33. The van der Waals surface area contributed by atoms with E-state index in [1.165, 1.54) is 16.7 Å². The Morgan fingerprint density at radius 3 is 2.28 bits per heavy atom. The molecule has 0 fully saturated rings. The lowest BCUT2D eigenvalue weighted by Gasteiger charge is -2.09. The number of benzene rings is 1. The molecule has 0 spiro atoms. The number of hydrogen-bond donors (Lipinski definition) is 0. The summed E-state index contributed by atoms with van der Waals surface area (Å²) in [6.45, 7) is 8.74. The molecule has 4 nitrogen and oxygen atoms in total. The minimum atomic E-state index is 0.0458. The zero-order valence-electron chi connectivity index (χ0n) is 15.3. The van der Waals surface area contributed by atoms with Gasteiger partial charge in [-0.05, 0) is 46.1 Å². The number of fused-ring (bicyclic) bond motifs is 3. The first kappa shape index (κ1) is 15.9. The molecule has 1 aliphatic rings. The van der Waals surface area contributed by atoms with Crippen LogP contribution in [0, 0.1) is 27.7 Å². The van der Waals surface area contributed by atoms with Crippen molar-refractivity contribution in [2.24, 2.45) is 0 Å². The van der Waals surface area contributed by atoms with Crippen LogP contribution in [0.4, 0.5) is 0 Å². The second-order valence-electron chi connectivity index (χ2n) is 7.10. The molecule has 4 heteroatoms. The third kappa shape index (κ3) is 2.53. The zero-order valence-corrected chi connectivity index (χ0v) is 15.3. The second-order valence-corrected chi connectivity index (χ2v) is 7.10. The molecule has 1 aromatic carbocycles. The molecule has 0 amide bonds. The fourth-order valence-electron chi connectivity index (χ4n) is 3.81. The molecule has 4 rings (SSSR count). The summed E-state index contributed by atoms with van der Waals surface area (Å²) in [4.78, 5) is 17.6. The van der Waals surface area contributed by atoms with Gasteiger partial charge in [0.25, 0.3) is 5.56 Å². The number of aromatic nitrogens is 3. The molecule has 25 heavy (non-hydrogen) atoms. The normalized spacial score (nSPS) is 13.4. The first-order valence-corrected chi connectivity index (χ1v) is 8.82. The Balaban J connectivity index is 2.06. The highest BCUT2D eigenvalue weighted by molar-refractivity contribution is 5.44. The highest BCUT2D eigenvalue weighted by Crippen LogP contribution is 2.11. The molecular weight excluding hydrogens is 310 g/mol. The van der Waals surface area contributed by atoms with E-state index in [0.717, 1.165) is 47.1 Å². The predicted octanol–water partition coefficient (Wildman–Crippen LogP) is 2.13.